The lowest BCUT2D eigenvalue weighted by molar-refractivity contribution is -0.384. The third kappa shape index (κ3) is 2.59. The summed E-state index contributed by atoms with van der Waals surface area (Å²) in [6.45, 7) is 3.76. The maximum absolute atomic E-state index is 10.7. The molecule has 2 rings (SSSR count). The maximum Gasteiger partial charge on any atom is 0.274 e. The van der Waals surface area contributed by atoms with E-state index in [1.807, 2.05) is 0 Å². The van der Waals surface area contributed by atoms with Crippen LogP contribution in [-0.2, 0) is 0 Å². The molecule has 0 spiro atoms. The number of hydrogen-bond acceptors (Lipinski definition) is 5. The summed E-state index contributed by atoms with van der Waals surface area (Å²) in [5.74, 6) is 1.11. The van der Waals surface area contributed by atoms with E-state index >= 15 is 0 Å². The molecular weight excluding hydrogens is 232 g/mol. The number of anilines is 1. The summed E-state index contributed by atoms with van der Waals surface area (Å²) in [7, 11) is 0. The fourth-order valence-corrected chi connectivity index (χ4v) is 2.38. The Kier molecular flexibility index (Phi) is 3.76. The molecule has 6 nitrogen and oxygen atoms in total. The molecule has 1 aromatic rings. The monoisotopic (exact) mass is 250 g/mol. The fourth-order valence-electron chi connectivity index (χ4n) is 2.38. The predicted octanol–water partition coefficient (Wildman–Crippen LogP) is 1.55. The van der Waals surface area contributed by atoms with Crippen molar-refractivity contribution < 1.29 is 4.92 Å². The van der Waals surface area contributed by atoms with Crippen LogP contribution in [0.15, 0.2) is 18.3 Å². The van der Waals surface area contributed by atoms with Crippen molar-refractivity contribution in [3.8, 4) is 0 Å². The van der Waals surface area contributed by atoms with Gasteiger partial charge in [0.1, 0.15) is 5.82 Å². The zero-order chi connectivity index (χ0) is 13.1. The van der Waals surface area contributed by atoms with Gasteiger partial charge in [0.05, 0.1) is 11.0 Å². The first-order chi connectivity index (χ1) is 8.61. The van der Waals surface area contributed by atoms with Gasteiger partial charge in [0.2, 0.25) is 0 Å². The lowest BCUT2D eigenvalue weighted by Gasteiger charge is -2.37. The molecule has 0 aliphatic carbocycles. The molecule has 0 amide bonds. The normalized spacial score (nSPS) is 24.0. The molecule has 2 unspecified atom stereocenters. The van der Waals surface area contributed by atoms with Crippen LogP contribution in [0, 0.1) is 16.0 Å². The van der Waals surface area contributed by atoms with E-state index in [-0.39, 0.29) is 11.7 Å². The number of aromatic nitrogens is 1. The van der Waals surface area contributed by atoms with Gasteiger partial charge in [0.15, 0.2) is 0 Å². The summed E-state index contributed by atoms with van der Waals surface area (Å²) in [4.78, 5) is 16.7. The van der Waals surface area contributed by atoms with E-state index in [2.05, 4.69) is 16.8 Å². The smallest absolute Gasteiger partial charge is 0.274 e. The first kappa shape index (κ1) is 12.8. The van der Waals surface area contributed by atoms with Crippen LogP contribution in [0.4, 0.5) is 11.5 Å². The SMILES string of the molecule is CCC1CN(c2cc([N+](=O)[O-])ccn2)CCC1N. The molecule has 1 aliphatic rings. The number of nitrogens with zero attached hydrogens (tertiary/aromatic N) is 3. The lowest BCUT2D eigenvalue weighted by atomic mass is 9.91. The Labute approximate surface area is 106 Å². The Balaban J connectivity index is 2.16. The van der Waals surface area contributed by atoms with E-state index in [0.717, 1.165) is 25.9 Å². The van der Waals surface area contributed by atoms with Crippen molar-refractivity contribution in [3.05, 3.63) is 28.4 Å². The van der Waals surface area contributed by atoms with Crippen molar-refractivity contribution in [1.82, 2.24) is 4.98 Å². The van der Waals surface area contributed by atoms with Crippen LogP contribution in [0.25, 0.3) is 0 Å². The number of nitrogens with two attached hydrogens (primary N) is 1. The Morgan fingerprint density at radius 2 is 2.44 bits per heavy atom. The molecule has 1 fully saturated rings. The molecule has 0 aromatic carbocycles. The van der Waals surface area contributed by atoms with Gasteiger partial charge < -0.3 is 10.6 Å². The van der Waals surface area contributed by atoms with Gasteiger partial charge in [0, 0.05) is 31.4 Å². The van der Waals surface area contributed by atoms with Gasteiger partial charge in [-0.1, -0.05) is 13.3 Å². The Hall–Kier alpha value is -1.69. The minimum Gasteiger partial charge on any atom is -0.356 e. The van der Waals surface area contributed by atoms with E-state index in [9.17, 15) is 10.1 Å². The quantitative estimate of drug-likeness (QED) is 0.650. The highest BCUT2D eigenvalue weighted by molar-refractivity contribution is 5.47. The third-order valence-electron chi connectivity index (χ3n) is 3.58. The van der Waals surface area contributed by atoms with Crippen LogP contribution in [0.5, 0.6) is 0 Å². The van der Waals surface area contributed by atoms with Crippen molar-refractivity contribution in [2.45, 2.75) is 25.8 Å². The Bertz CT molecular complexity index is 438. The molecule has 2 heterocycles. The second kappa shape index (κ2) is 5.30. The molecule has 0 radical (unpaired) electrons. The molecule has 1 aromatic heterocycles. The van der Waals surface area contributed by atoms with Gasteiger partial charge in [0.25, 0.3) is 5.69 Å². The zero-order valence-corrected chi connectivity index (χ0v) is 10.5. The van der Waals surface area contributed by atoms with E-state index in [0.29, 0.717) is 11.7 Å². The van der Waals surface area contributed by atoms with Gasteiger partial charge in [-0.3, -0.25) is 10.1 Å². The van der Waals surface area contributed by atoms with Gasteiger partial charge in [-0.25, -0.2) is 4.98 Å². The van der Waals surface area contributed by atoms with Gasteiger partial charge in [-0.05, 0) is 12.3 Å². The number of nitro groups is 1. The van der Waals surface area contributed by atoms with E-state index < -0.39 is 4.92 Å². The van der Waals surface area contributed by atoms with Crippen LogP contribution in [-0.4, -0.2) is 29.0 Å². The van der Waals surface area contributed by atoms with E-state index in [4.69, 9.17) is 5.73 Å². The van der Waals surface area contributed by atoms with Crippen LogP contribution in [0.2, 0.25) is 0 Å². The standard InChI is InChI=1S/C12H18N4O2/c1-2-9-8-15(6-4-11(9)13)12-7-10(16(17)18)3-5-14-12/h3,5,7,9,11H,2,4,6,8,13H2,1H3. The molecule has 2 atom stereocenters. The largest absolute Gasteiger partial charge is 0.356 e. The summed E-state index contributed by atoms with van der Waals surface area (Å²) in [6.07, 6.45) is 3.42. The number of rotatable bonds is 3. The molecule has 98 valence electrons. The average molecular weight is 250 g/mol. The molecular formula is C12H18N4O2. The summed E-state index contributed by atoms with van der Waals surface area (Å²) < 4.78 is 0. The summed E-state index contributed by atoms with van der Waals surface area (Å²) >= 11 is 0. The molecule has 0 bridgehead atoms. The van der Waals surface area contributed by atoms with Crippen LogP contribution < -0.4 is 10.6 Å². The minimum absolute atomic E-state index is 0.0860. The first-order valence-corrected chi connectivity index (χ1v) is 6.22. The van der Waals surface area contributed by atoms with Gasteiger partial charge in [-0.2, -0.15) is 0 Å². The Morgan fingerprint density at radius 1 is 1.67 bits per heavy atom. The Morgan fingerprint density at radius 3 is 3.11 bits per heavy atom. The van der Waals surface area contributed by atoms with Crippen molar-refractivity contribution >= 4 is 11.5 Å². The van der Waals surface area contributed by atoms with Gasteiger partial charge in [-0.15, -0.1) is 0 Å². The highest BCUT2D eigenvalue weighted by Gasteiger charge is 2.26. The van der Waals surface area contributed by atoms with Crippen LogP contribution >= 0.6 is 0 Å². The van der Waals surface area contributed by atoms with Crippen LogP contribution in [0.3, 0.4) is 0 Å². The lowest BCUT2D eigenvalue weighted by Crippen LogP contribution is -2.47. The highest BCUT2D eigenvalue weighted by atomic mass is 16.6. The minimum atomic E-state index is -0.391. The summed E-state index contributed by atoms with van der Waals surface area (Å²) in [5, 5.41) is 10.7. The summed E-state index contributed by atoms with van der Waals surface area (Å²) in [5.41, 5.74) is 6.14. The molecule has 1 saturated heterocycles. The molecule has 6 heteroatoms. The van der Waals surface area contributed by atoms with Crippen LogP contribution in [0.1, 0.15) is 19.8 Å². The second-order valence-corrected chi connectivity index (χ2v) is 4.70. The molecule has 18 heavy (non-hydrogen) atoms. The number of piperidine rings is 1. The second-order valence-electron chi connectivity index (χ2n) is 4.70. The average Bonchev–Trinajstić information content (AvgIpc) is 2.39. The molecule has 2 N–H and O–H groups in total. The fraction of sp³-hybridized carbons (Fsp3) is 0.583. The van der Waals surface area contributed by atoms with Crippen molar-refractivity contribution in [3.63, 3.8) is 0 Å². The highest BCUT2D eigenvalue weighted by Crippen LogP contribution is 2.25. The first-order valence-electron chi connectivity index (χ1n) is 6.22. The van der Waals surface area contributed by atoms with Gasteiger partial charge >= 0.3 is 0 Å². The third-order valence-corrected chi connectivity index (χ3v) is 3.58. The predicted molar refractivity (Wildman–Crippen MR) is 69.5 cm³/mol. The van der Waals surface area contributed by atoms with Crippen molar-refractivity contribution in [2.24, 2.45) is 11.7 Å². The van der Waals surface area contributed by atoms with E-state index in [1.165, 1.54) is 18.3 Å². The zero-order valence-electron chi connectivity index (χ0n) is 10.5. The summed E-state index contributed by atoms with van der Waals surface area (Å²) in [6, 6.07) is 3.17. The molecule has 0 saturated carbocycles. The topological polar surface area (TPSA) is 85.3 Å². The number of pyridine rings is 1. The number of hydrogen-bond donors (Lipinski definition) is 1. The van der Waals surface area contributed by atoms with Crippen molar-refractivity contribution in [2.75, 3.05) is 18.0 Å². The molecule has 1 aliphatic heterocycles. The van der Waals surface area contributed by atoms with Crippen molar-refractivity contribution in [1.29, 1.82) is 0 Å². The van der Waals surface area contributed by atoms with E-state index in [1.54, 1.807) is 0 Å². The maximum atomic E-state index is 10.7.